The summed E-state index contributed by atoms with van der Waals surface area (Å²) in [4.78, 5) is 24.0. The molecule has 1 aliphatic heterocycles. The van der Waals surface area contributed by atoms with Crippen LogP contribution < -0.4 is 5.32 Å². The molecule has 1 fully saturated rings. The number of amides is 1. The normalized spacial score (nSPS) is 23.6. The van der Waals surface area contributed by atoms with Crippen molar-refractivity contribution >= 4 is 12.1 Å². The van der Waals surface area contributed by atoms with Gasteiger partial charge in [-0.2, -0.15) is 0 Å². The molecule has 3 atom stereocenters. The first-order valence-electron chi connectivity index (χ1n) is 8.19. The Balaban J connectivity index is 2.73. The summed E-state index contributed by atoms with van der Waals surface area (Å²) in [5, 5.41) is 2.89. The summed E-state index contributed by atoms with van der Waals surface area (Å²) in [6, 6.07) is -0.206. The first-order valence-corrected chi connectivity index (χ1v) is 8.19. The molecular formula is C17H31NO4. The van der Waals surface area contributed by atoms with Gasteiger partial charge >= 0.3 is 12.1 Å². The number of carbonyl (C=O) groups is 2. The maximum atomic E-state index is 12.0. The lowest BCUT2D eigenvalue weighted by Crippen LogP contribution is -2.46. The molecule has 1 heterocycles. The van der Waals surface area contributed by atoms with E-state index in [1.807, 2.05) is 34.6 Å². The van der Waals surface area contributed by atoms with Gasteiger partial charge in [0.05, 0.1) is 12.0 Å². The van der Waals surface area contributed by atoms with Crippen LogP contribution in [0.2, 0.25) is 0 Å². The predicted octanol–water partition coefficient (Wildman–Crippen LogP) is 3.51. The maximum absolute atomic E-state index is 12.0. The number of hydrogen-bond donors (Lipinski definition) is 1. The highest BCUT2D eigenvalue weighted by Crippen LogP contribution is 2.31. The molecule has 0 radical (unpaired) electrons. The van der Waals surface area contributed by atoms with Gasteiger partial charge in [-0.05, 0) is 45.4 Å². The minimum Gasteiger partial charge on any atom is -0.460 e. The van der Waals surface area contributed by atoms with Gasteiger partial charge in [-0.25, -0.2) is 4.79 Å². The van der Waals surface area contributed by atoms with Gasteiger partial charge in [0.15, 0.2) is 0 Å². The van der Waals surface area contributed by atoms with Crippen molar-refractivity contribution in [1.82, 2.24) is 5.32 Å². The second kappa shape index (κ2) is 7.34. The predicted molar refractivity (Wildman–Crippen MR) is 85.4 cm³/mol. The van der Waals surface area contributed by atoms with Crippen molar-refractivity contribution in [2.45, 2.75) is 79.1 Å². The number of carbonyl (C=O) groups excluding carboxylic acids is 2. The third-order valence-corrected chi connectivity index (χ3v) is 3.74. The molecule has 0 spiro atoms. The lowest BCUT2D eigenvalue weighted by atomic mass is 9.89. The number of esters is 1. The topological polar surface area (TPSA) is 64.6 Å². The molecule has 5 nitrogen and oxygen atoms in total. The van der Waals surface area contributed by atoms with Crippen molar-refractivity contribution in [2.24, 2.45) is 17.8 Å². The van der Waals surface area contributed by atoms with E-state index in [4.69, 9.17) is 9.47 Å². The summed E-state index contributed by atoms with van der Waals surface area (Å²) >= 11 is 0. The zero-order chi connectivity index (χ0) is 17.1. The summed E-state index contributed by atoms with van der Waals surface area (Å²) in [6.07, 6.45) is 0.683. The summed E-state index contributed by atoms with van der Waals surface area (Å²) < 4.78 is 10.8. The van der Waals surface area contributed by atoms with Gasteiger partial charge in [0.1, 0.15) is 11.7 Å². The Morgan fingerprint density at radius 1 is 1.32 bits per heavy atom. The van der Waals surface area contributed by atoms with Crippen LogP contribution in [0.5, 0.6) is 0 Å². The molecule has 128 valence electrons. The second-order valence-corrected chi connectivity index (χ2v) is 7.94. The van der Waals surface area contributed by atoms with E-state index in [0.29, 0.717) is 12.3 Å². The van der Waals surface area contributed by atoms with Crippen molar-refractivity contribution in [3.8, 4) is 0 Å². The molecule has 3 unspecified atom stereocenters. The number of rotatable bonds is 5. The minimum absolute atomic E-state index is 0.0832. The lowest BCUT2D eigenvalue weighted by molar-refractivity contribution is -0.146. The van der Waals surface area contributed by atoms with Crippen molar-refractivity contribution in [2.75, 3.05) is 0 Å². The third-order valence-electron chi connectivity index (χ3n) is 3.74. The van der Waals surface area contributed by atoms with E-state index in [0.717, 1.165) is 6.42 Å². The number of cyclic esters (lactones) is 1. The zero-order valence-corrected chi connectivity index (χ0v) is 14.9. The van der Waals surface area contributed by atoms with Crippen LogP contribution in [0.4, 0.5) is 4.79 Å². The van der Waals surface area contributed by atoms with Crippen molar-refractivity contribution in [3.05, 3.63) is 0 Å². The summed E-state index contributed by atoms with van der Waals surface area (Å²) in [7, 11) is 0. The van der Waals surface area contributed by atoms with E-state index in [1.165, 1.54) is 0 Å². The molecule has 22 heavy (non-hydrogen) atoms. The van der Waals surface area contributed by atoms with Crippen molar-refractivity contribution in [3.63, 3.8) is 0 Å². The average Bonchev–Trinajstić information content (AvgIpc) is 2.67. The van der Waals surface area contributed by atoms with Crippen LogP contribution >= 0.6 is 0 Å². The van der Waals surface area contributed by atoms with Crippen LogP contribution in [0.1, 0.15) is 61.3 Å². The highest BCUT2D eigenvalue weighted by Gasteiger charge is 2.41. The Morgan fingerprint density at radius 3 is 2.32 bits per heavy atom. The van der Waals surface area contributed by atoms with Crippen molar-refractivity contribution < 1.29 is 19.1 Å². The number of ether oxygens (including phenoxy) is 2. The summed E-state index contributed by atoms with van der Waals surface area (Å²) in [5.41, 5.74) is -0.542. The van der Waals surface area contributed by atoms with E-state index in [2.05, 4.69) is 19.2 Å². The molecule has 1 N–H and O–H groups in total. The van der Waals surface area contributed by atoms with Crippen LogP contribution in [-0.2, 0) is 14.3 Å². The van der Waals surface area contributed by atoms with E-state index in [9.17, 15) is 9.59 Å². The van der Waals surface area contributed by atoms with Crippen LogP contribution in [0, 0.1) is 17.8 Å². The Morgan fingerprint density at radius 2 is 1.91 bits per heavy atom. The van der Waals surface area contributed by atoms with Crippen LogP contribution in [0.15, 0.2) is 0 Å². The van der Waals surface area contributed by atoms with E-state index >= 15 is 0 Å². The fourth-order valence-corrected chi connectivity index (χ4v) is 2.69. The smallest absolute Gasteiger partial charge is 0.408 e. The molecule has 1 amide bonds. The lowest BCUT2D eigenvalue weighted by Gasteiger charge is -2.27. The van der Waals surface area contributed by atoms with Gasteiger partial charge in [-0.1, -0.05) is 27.7 Å². The highest BCUT2D eigenvalue weighted by molar-refractivity contribution is 5.75. The highest BCUT2D eigenvalue weighted by atomic mass is 16.6. The molecule has 5 heteroatoms. The first kappa shape index (κ1) is 18.8. The van der Waals surface area contributed by atoms with E-state index < -0.39 is 11.7 Å². The molecule has 1 aliphatic rings. The Hall–Kier alpha value is -1.26. The first-order chi connectivity index (χ1) is 9.99. The van der Waals surface area contributed by atoms with Crippen LogP contribution in [0.25, 0.3) is 0 Å². The van der Waals surface area contributed by atoms with Gasteiger partial charge in [-0.3, -0.25) is 4.79 Å². The molecule has 1 rings (SSSR count). The Bertz CT molecular complexity index is 398. The SMILES string of the molecule is CC(C)CC(NC(=O)OC(C)(C)C)C1CC(C(C)C)C(=O)O1. The number of alkyl carbamates (subject to hydrolysis) is 1. The van der Waals surface area contributed by atoms with Gasteiger partial charge in [0.2, 0.25) is 0 Å². The molecular weight excluding hydrogens is 282 g/mol. The minimum atomic E-state index is -0.542. The molecule has 0 aromatic carbocycles. The van der Waals surface area contributed by atoms with Crippen LogP contribution in [-0.4, -0.2) is 29.8 Å². The largest absolute Gasteiger partial charge is 0.460 e. The fourth-order valence-electron chi connectivity index (χ4n) is 2.69. The van der Waals surface area contributed by atoms with E-state index in [1.54, 1.807) is 0 Å². The van der Waals surface area contributed by atoms with Crippen molar-refractivity contribution in [1.29, 1.82) is 0 Å². The molecule has 0 aliphatic carbocycles. The van der Waals surface area contributed by atoms with Gasteiger partial charge < -0.3 is 14.8 Å². The fraction of sp³-hybridized carbons (Fsp3) is 0.882. The molecule has 0 saturated carbocycles. The average molecular weight is 313 g/mol. The standard InChI is InChI=1S/C17H31NO4/c1-10(2)8-13(18-16(20)22-17(5,6)7)14-9-12(11(3)4)15(19)21-14/h10-14H,8-9H2,1-7H3,(H,18,20). The molecule has 0 aromatic rings. The van der Waals surface area contributed by atoms with Gasteiger partial charge in [-0.15, -0.1) is 0 Å². The molecule has 0 aromatic heterocycles. The Labute approximate surface area is 134 Å². The Kier molecular flexibility index (Phi) is 6.27. The quantitative estimate of drug-likeness (QED) is 0.789. The van der Waals surface area contributed by atoms with Gasteiger partial charge in [0, 0.05) is 0 Å². The second-order valence-electron chi connectivity index (χ2n) is 7.94. The number of nitrogens with one attached hydrogen (secondary N) is 1. The molecule has 0 bridgehead atoms. The van der Waals surface area contributed by atoms with Crippen LogP contribution in [0.3, 0.4) is 0 Å². The zero-order valence-electron chi connectivity index (χ0n) is 14.9. The maximum Gasteiger partial charge on any atom is 0.408 e. The summed E-state index contributed by atoms with van der Waals surface area (Å²) in [6.45, 7) is 13.7. The van der Waals surface area contributed by atoms with Gasteiger partial charge in [0.25, 0.3) is 0 Å². The number of hydrogen-bond acceptors (Lipinski definition) is 4. The third kappa shape index (κ3) is 5.85. The summed E-state index contributed by atoms with van der Waals surface area (Å²) in [5.74, 6) is 0.398. The van der Waals surface area contributed by atoms with E-state index in [-0.39, 0.29) is 30.0 Å². The monoisotopic (exact) mass is 313 g/mol. The molecule has 1 saturated heterocycles.